The van der Waals surface area contributed by atoms with Gasteiger partial charge in [0.25, 0.3) is 0 Å². The molecule has 6 aliphatic rings. The molecule has 272 valence electrons. The van der Waals surface area contributed by atoms with Crippen molar-refractivity contribution in [1.29, 1.82) is 0 Å². The summed E-state index contributed by atoms with van der Waals surface area (Å²) in [6.07, 6.45) is -2.38. The second-order valence-electron chi connectivity index (χ2n) is 18.2. The molecule has 0 aromatic heterocycles. The zero-order chi connectivity index (χ0) is 34.7. The van der Waals surface area contributed by atoms with Crippen molar-refractivity contribution in [2.24, 2.45) is 50.7 Å². The number of aliphatic hydroxyl groups is 9. The van der Waals surface area contributed by atoms with E-state index in [4.69, 9.17) is 9.47 Å². The second kappa shape index (κ2) is 11.8. The predicted octanol–water partition coefficient (Wildman–Crippen LogP) is 1.07. The molecule has 11 nitrogen and oxygen atoms in total. The van der Waals surface area contributed by atoms with Crippen molar-refractivity contribution in [3.8, 4) is 0 Å². The highest BCUT2D eigenvalue weighted by molar-refractivity contribution is 5.32. The van der Waals surface area contributed by atoms with Gasteiger partial charge in [-0.3, -0.25) is 0 Å². The van der Waals surface area contributed by atoms with Crippen LogP contribution in [-0.2, 0) is 9.47 Å². The van der Waals surface area contributed by atoms with Gasteiger partial charge < -0.3 is 55.4 Å². The van der Waals surface area contributed by atoms with E-state index in [2.05, 4.69) is 34.6 Å². The maximum Gasteiger partial charge on any atom is 0.186 e. The average Bonchev–Trinajstić information content (AvgIpc) is 3.60. The first kappa shape index (κ1) is 36.4. The van der Waals surface area contributed by atoms with Gasteiger partial charge in [0, 0.05) is 0 Å². The van der Waals surface area contributed by atoms with Gasteiger partial charge in [0.15, 0.2) is 6.29 Å². The molecule has 5 aliphatic carbocycles. The second-order valence-corrected chi connectivity index (χ2v) is 18.2. The Morgan fingerprint density at radius 1 is 0.872 bits per heavy atom. The first-order chi connectivity index (χ1) is 21.8. The molecule has 0 unspecified atom stereocenters. The van der Waals surface area contributed by atoms with Gasteiger partial charge in [-0.2, -0.15) is 0 Å². The van der Waals surface area contributed by atoms with Crippen LogP contribution in [0.5, 0.6) is 0 Å². The first-order valence-corrected chi connectivity index (χ1v) is 18.1. The van der Waals surface area contributed by atoms with Crippen LogP contribution in [0.4, 0.5) is 0 Å². The lowest BCUT2D eigenvalue weighted by Gasteiger charge is -2.64. The van der Waals surface area contributed by atoms with Crippen molar-refractivity contribution in [3.63, 3.8) is 0 Å². The number of hydrogen-bond donors (Lipinski definition) is 9. The van der Waals surface area contributed by atoms with E-state index in [9.17, 15) is 46.0 Å². The molecule has 11 heteroatoms. The van der Waals surface area contributed by atoms with E-state index in [1.165, 1.54) is 6.92 Å². The standard InChI is InChI=1S/C36H62O11/c1-18(7-8-23(41)34(6,45)17-38)25-20(40)14-33(5)29-19(39)13-22-31(2,3)24(47-30-28(44)27(43)26(42)21(15-37)46-30)9-10-35(22)16-36(29,35)12-11-32(25,33)4/h18-30,37-45H,7-17H2,1-6H3/t18-,19+,20+,21-,22+,23-,24+,25+,26-,27+,28-,29+,30+,32-,33+,34+,35-,36+/m1/s1. The van der Waals surface area contributed by atoms with Crippen LogP contribution in [0.25, 0.3) is 0 Å². The van der Waals surface area contributed by atoms with Gasteiger partial charge in [0.1, 0.15) is 30.0 Å². The molecule has 0 radical (unpaired) electrons. The Bertz CT molecular complexity index is 1160. The van der Waals surface area contributed by atoms with Gasteiger partial charge in [-0.15, -0.1) is 0 Å². The Hall–Kier alpha value is -0.440. The highest BCUT2D eigenvalue weighted by Gasteiger charge is 2.84. The van der Waals surface area contributed by atoms with Gasteiger partial charge in [-0.25, -0.2) is 0 Å². The summed E-state index contributed by atoms with van der Waals surface area (Å²) in [6.45, 7) is 11.5. The molecule has 1 saturated heterocycles. The average molecular weight is 671 g/mol. The predicted molar refractivity (Wildman–Crippen MR) is 170 cm³/mol. The minimum Gasteiger partial charge on any atom is -0.394 e. The van der Waals surface area contributed by atoms with Crippen molar-refractivity contribution >= 4 is 0 Å². The monoisotopic (exact) mass is 670 g/mol. The number of aliphatic hydroxyl groups excluding tert-OH is 8. The van der Waals surface area contributed by atoms with Crippen LogP contribution < -0.4 is 0 Å². The Morgan fingerprint density at radius 2 is 1.55 bits per heavy atom. The molecule has 0 bridgehead atoms. The summed E-state index contributed by atoms with van der Waals surface area (Å²) in [5.41, 5.74) is -2.48. The minimum atomic E-state index is -1.57. The fourth-order valence-electron chi connectivity index (χ4n) is 13.0. The van der Waals surface area contributed by atoms with Crippen LogP contribution in [0, 0.1) is 50.7 Å². The maximum absolute atomic E-state index is 12.2. The van der Waals surface area contributed by atoms with E-state index in [-0.39, 0.29) is 51.4 Å². The van der Waals surface area contributed by atoms with Crippen LogP contribution in [0.15, 0.2) is 0 Å². The lowest BCUT2D eigenvalue weighted by Crippen LogP contribution is -2.63. The van der Waals surface area contributed by atoms with Crippen LogP contribution in [0.3, 0.4) is 0 Å². The summed E-state index contributed by atoms with van der Waals surface area (Å²) in [5.74, 6) is 0.247. The van der Waals surface area contributed by atoms with Crippen molar-refractivity contribution in [3.05, 3.63) is 0 Å². The molecule has 0 aromatic carbocycles. The third kappa shape index (κ3) is 4.99. The molecule has 2 spiro atoms. The van der Waals surface area contributed by atoms with E-state index < -0.39 is 73.2 Å². The zero-order valence-electron chi connectivity index (χ0n) is 29.1. The molecular formula is C36H62O11. The lowest BCUT2D eigenvalue weighted by molar-refractivity contribution is -0.327. The molecular weight excluding hydrogens is 608 g/mol. The summed E-state index contributed by atoms with van der Waals surface area (Å²) < 4.78 is 12.1. The van der Waals surface area contributed by atoms with Crippen molar-refractivity contribution in [2.45, 2.75) is 160 Å². The van der Waals surface area contributed by atoms with E-state index >= 15 is 0 Å². The normalized spacial score (nSPS) is 54.3. The van der Waals surface area contributed by atoms with E-state index in [1.807, 2.05) is 0 Å². The third-order valence-electron chi connectivity index (χ3n) is 15.8. The highest BCUT2D eigenvalue weighted by atomic mass is 16.7. The van der Waals surface area contributed by atoms with Crippen molar-refractivity contribution < 1.29 is 55.4 Å². The molecule has 6 fully saturated rings. The molecule has 18 atom stereocenters. The van der Waals surface area contributed by atoms with Gasteiger partial charge >= 0.3 is 0 Å². The Labute approximate surface area is 279 Å². The minimum absolute atomic E-state index is 0.0186. The van der Waals surface area contributed by atoms with Crippen LogP contribution in [0.2, 0.25) is 0 Å². The van der Waals surface area contributed by atoms with Crippen molar-refractivity contribution in [1.82, 2.24) is 0 Å². The van der Waals surface area contributed by atoms with E-state index in [0.717, 1.165) is 32.1 Å². The molecule has 6 rings (SSSR count). The number of fused-ring (bicyclic) bond motifs is 2. The first-order valence-electron chi connectivity index (χ1n) is 18.1. The van der Waals surface area contributed by atoms with Gasteiger partial charge in [0.2, 0.25) is 0 Å². The summed E-state index contributed by atoms with van der Waals surface area (Å²) >= 11 is 0. The van der Waals surface area contributed by atoms with E-state index in [0.29, 0.717) is 25.7 Å². The smallest absolute Gasteiger partial charge is 0.186 e. The SMILES string of the molecule is C[C@H](CC[C@@H](O)[C@@](C)(O)CO)[C@H]1[C@@H](O)C[C@@]2(C)[C@@H]3[C@@H](O)C[C@H]4C(C)(C)[C@@H](O[C@@H]5O[C@H](CO)[C@@H](O)[C@H](O)[C@H]5O)CC[C@@]45C[C@@]35CC[C@]12C. The molecule has 47 heavy (non-hydrogen) atoms. The van der Waals surface area contributed by atoms with E-state index in [1.54, 1.807) is 0 Å². The molecule has 5 saturated carbocycles. The third-order valence-corrected chi connectivity index (χ3v) is 15.8. The molecule has 0 amide bonds. The number of rotatable bonds is 9. The van der Waals surface area contributed by atoms with Crippen LogP contribution in [-0.4, -0.2) is 120 Å². The van der Waals surface area contributed by atoms with Gasteiger partial charge in [-0.05, 0) is 115 Å². The summed E-state index contributed by atoms with van der Waals surface area (Å²) in [7, 11) is 0. The van der Waals surface area contributed by atoms with Crippen LogP contribution in [0.1, 0.15) is 99.3 Å². The number of hydrogen-bond acceptors (Lipinski definition) is 11. The molecule has 0 aromatic rings. The largest absolute Gasteiger partial charge is 0.394 e. The highest BCUT2D eigenvalue weighted by Crippen LogP contribution is 2.89. The number of ether oxygens (including phenoxy) is 2. The summed E-state index contributed by atoms with van der Waals surface area (Å²) in [6, 6.07) is 0. The fraction of sp³-hybridized carbons (Fsp3) is 1.00. The Balaban J connectivity index is 1.21. The Kier molecular flexibility index (Phi) is 9.13. The van der Waals surface area contributed by atoms with Crippen LogP contribution >= 0.6 is 0 Å². The lowest BCUT2D eigenvalue weighted by atomic mass is 9.41. The van der Waals surface area contributed by atoms with Gasteiger partial charge in [0.05, 0.1) is 37.6 Å². The maximum atomic E-state index is 12.2. The van der Waals surface area contributed by atoms with Crippen molar-refractivity contribution in [2.75, 3.05) is 13.2 Å². The molecule has 9 N–H and O–H groups in total. The molecule has 1 aliphatic heterocycles. The quantitative estimate of drug-likeness (QED) is 0.159. The summed E-state index contributed by atoms with van der Waals surface area (Å²) in [4.78, 5) is 0. The van der Waals surface area contributed by atoms with Gasteiger partial charge in [-0.1, -0.05) is 34.6 Å². The molecule has 1 heterocycles. The topological polar surface area (TPSA) is 201 Å². The zero-order valence-corrected chi connectivity index (χ0v) is 29.1. The Morgan fingerprint density at radius 3 is 2.19 bits per heavy atom. The summed E-state index contributed by atoms with van der Waals surface area (Å²) in [5, 5.41) is 95.3. The fourth-order valence-corrected chi connectivity index (χ4v) is 13.0.